The van der Waals surface area contributed by atoms with Crippen molar-refractivity contribution in [2.24, 2.45) is 0 Å². The molecule has 2 aromatic rings. The van der Waals surface area contributed by atoms with E-state index in [1.807, 2.05) is 18.2 Å². The molecule has 0 aliphatic heterocycles. The minimum Gasteiger partial charge on any atom is -0.298 e. The maximum atomic E-state index is 13.2. The highest BCUT2D eigenvalue weighted by molar-refractivity contribution is 7.98. The topological polar surface area (TPSA) is 40.9 Å². The lowest BCUT2D eigenvalue weighted by atomic mass is 10.1. The lowest BCUT2D eigenvalue weighted by molar-refractivity contribution is 0.112. The Balaban J connectivity index is 2.05. The molecule has 94 valence electrons. The fraction of sp³-hybridized carbons (Fsp3) is 0.0667. The standard InChI is InChI=1S/C15H10FNOS/c16-15-6-3-12(7-13(15)8-17)10-19-14-4-1-11(9-18)2-5-14/h1-7,9H,10H2. The summed E-state index contributed by atoms with van der Waals surface area (Å²) in [4.78, 5) is 11.5. The maximum Gasteiger partial charge on any atom is 0.150 e. The number of hydrogen-bond donors (Lipinski definition) is 0. The van der Waals surface area contributed by atoms with Crippen LogP contribution in [0.3, 0.4) is 0 Å². The molecule has 0 aliphatic rings. The summed E-state index contributed by atoms with van der Waals surface area (Å²) in [7, 11) is 0. The summed E-state index contributed by atoms with van der Waals surface area (Å²) in [5.74, 6) is 0.154. The Kier molecular flexibility index (Phi) is 4.32. The molecule has 0 fully saturated rings. The number of benzene rings is 2. The Morgan fingerprint density at radius 1 is 1.21 bits per heavy atom. The predicted octanol–water partition coefficient (Wildman–Crippen LogP) is 3.80. The van der Waals surface area contributed by atoms with Crippen LogP contribution in [0, 0.1) is 17.1 Å². The van der Waals surface area contributed by atoms with Gasteiger partial charge < -0.3 is 0 Å². The smallest absolute Gasteiger partial charge is 0.150 e. The quantitative estimate of drug-likeness (QED) is 0.627. The van der Waals surface area contributed by atoms with Crippen LogP contribution >= 0.6 is 11.8 Å². The van der Waals surface area contributed by atoms with Crippen molar-refractivity contribution >= 4 is 18.0 Å². The monoisotopic (exact) mass is 271 g/mol. The van der Waals surface area contributed by atoms with E-state index < -0.39 is 5.82 Å². The second-order valence-corrected chi connectivity index (χ2v) is 4.95. The summed E-state index contributed by atoms with van der Waals surface area (Å²) in [6, 6.07) is 13.6. The van der Waals surface area contributed by atoms with Crippen LogP contribution in [-0.2, 0) is 5.75 Å². The molecule has 0 unspecified atom stereocenters. The van der Waals surface area contributed by atoms with Crippen LogP contribution in [0.2, 0.25) is 0 Å². The van der Waals surface area contributed by atoms with Gasteiger partial charge in [-0.25, -0.2) is 4.39 Å². The number of halogens is 1. The molecule has 0 N–H and O–H groups in total. The van der Waals surface area contributed by atoms with E-state index in [4.69, 9.17) is 5.26 Å². The lowest BCUT2D eigenvalue weighted by Gasteiger charge is -2.03. The normalized spacial score (nSPS) is 9.89. The molecule has 0 amide bonds. The average molecular weight is 271 g/mol. The van der Waals surface area contributed by atoms with Gasteiger partial charge in [-0.3, -0.25) is 4.79 Å². The van der Waals surface area contributed by atoms with Crippen molar-refractivity contribution < 1.29 is 9.18 Å². The van der Waals surface area contributed by atoms with Crippen LogP contribution in [0.5, 0.6) is 0 Å². The van der Waals surface area contributed by atoms with Crippen LogP contribution in [0.25, 0.3) is 0 Å². The van der Waals surface area contributed by atoms with Crippen molar-refractivity contribution in [3.05, 3.63) is 65.0 Å². The first-order valence-corrected chi connectivity index (χ1v) is 6.58. The van der Waals surface area contributed by atoms with Crippen LogP contribution in [0.15, 0.2) is 47.4 Å². The predicted molar refractivity (Wildman–Crippen MR) is 72.5 cm³/mol. The number of carbonyl (C=O) groups excluding carboxylic acids is 1. The fourth-order valence-electron chi connectivity index (χ4n) is 1.56. The van der Waals surface area contributed by atoms with E-state index in [0.29, 0.717) is 11.3 Å². The second-order valence-electron chi connectivity index (χ2n) is 3.90. The summed E-state index contributed by atoms with van der Waals surface area (Å²) in [5.41, 5.74) is 1.59. The van der Waals surface area contributed by atoms with Gasteiger partial charge in [0.05, 0.1) is 5.56 Å². The van der Waals surface area contributed by atoms with Gasteiger partial charge in [0.15, 0.2) is 0 Å². The molecule has 0 saturated carbocycles. The van der Waals surface area contributed by atoms with Crippen LogP contribution in [0.4, 0.5) is 4.39 Å². The number of rotatable bonds is 4. The summed E-state index contributed by atoms with van der Waals surface area (Å²) in [5, 5.41) is 8.76. The Morgan fingerprint density at radius 2 is 1.95 bits per heavy atom. The Labute approximate surface area is 114 Å². The molecule has 0 atom stereocenters. The van der Waals surface area contributed by atoms with Gasteiger partial charge in [-0.05, 0) is 29.8 Å². The number of thioether (sulfide) groups is 1. The zero-order valence-corrected chi connectivity index (χ0v) is 10.8. The van der Waals surface area contributed by atoms with E-state index in [-0.39, 0.29) is 5.56 Å². The largest absolute Gasteiger partial charge is 0.298 e. The maximum absolute atomic E-state index is 13.2. The van der Waals surface area contributed by atoms with E-state index in [0.717, 1.165) is 16.7 Å². The van der Waals surface area contributed by atoms with Crippen LogP contribution < -0.4 is 0 Å². The first kappa shape index (κ1) is 13.3. The van der Waals surface area contributed by atoms with Gasteiger partial charge in [-0.2, -0.15) is 5.26 Å². The highest BCUT2D eigenvalue weighted by Gasteiger charge is 2.03. The number of carbonyl (C=O) groups is 1. The summed E-state index contributed by atoms with van der Waals surface area (Å²) in [6.45, 7) is 0. The van der Waals surface area contributed by atoms with Crippen LogP contribution in [-0.4, -0.2) is 6.29 Å². The molecule has 2 aromatic carbocycles. The van der Waals surface area contributed by atoms with Crippen molar-refractivity contribution in [1.29, 1.82) is 5.26 Å². The molecule has 2 nitrogen and oxygen atoms in total. The van der Waals surface area contributed by atoms with Crippen molar-refractivity contribution in [2.45, 2.75) is 10.6 Å². The zero-order chi connectivity index (χ0) is 13.7. The molecular formula is C15H10FNOS. The van der Waals surface area contributed by atoms with Crippen LogP contribution in [0.1, 0.15) is 21.5 Å². The summed E-state index contributed by atoms with van der Waals surface area (Å²) in [6.07, 6.45) is 0.799. The van der Waals surface area contributed by atoms with E-state index in [2.05, 4.69) is 0 Å². The highest BCUT2D eigenvalue weighted by atomic mass is 32.2. The van der Waals surface area contributed by atoms with Gasteiger partial charge in [-0.15, -0.1) is 11.8 Å². The van der Waals surface area contributed by atoms with E-state index in [1.54, 1.807) is 36.0 Å². The van der Waals surface area contributed by atoms with Gasteiger partial charge >= 0.3 is 0 Å². The molecule has 19 heavy (non-hydrogen) atoms. The third kappa shape index (κ3) is 3.43. The Bertz CT molecular complexity index is 632. The minimum absolute atomic E-state index is 0.0643. The molecule has 0 heterocycles. The fourth-order valence-corrected chi connectivity index (χ4v) is 2.40. The van der Waals surface area contributed by atoms with Gasteiger partial charge in [0.1, 0.15) is 18.2 Å². The highest BCUT2D eigenvalue weighted by Crippen LogP contribution is 2.23. The van der Waals surface area contributed by atoms with E-state index in [9.17, 15) is 9.18 Å². The van der Waals surface area contributed by atoms with Gasteiger partial charge in [0, 0.05) is 16.2 Å². The van der Waals surface area contributed by atoms with Crippen molar-refractivity contribution in [3.63, 3.8) is 0 Å². The molecule has 0 aliphatic carbocycles. The Hall–Kier alpha value is -2.12. The summed E-state index contributed by atoms with van der Waals surface area (Å²) >= 11 is 1.57. The van der Waals surface area contributed by atoms with Gasteiger partial charge in [0.25, 0.3) is 0 Å². The minimum atomic E-state index is -0.494. The molecular weight excluding hydrogens is 261 g/mol. The first-order valence-electron chi connectivity index (χ1n) is 5.59. The molecule has 0 radical (unpaired) electrons. The third-order valence-electron chi connectivity index (χ3n) is 2.57. The Morgan fingerprint density at radius 3 is 2.58 bits per heavy atom. The molecule has 0 bridgehead atoms. The second kappa shape index (κ2) is 6.17. The van der Waals surface area contributed by atoms with E-state index >= 15 is 0 Å². The van der Waals surface area contributed by atoms with Crippen molar-refractivity contribution in [1.82, 2.24) is 0 Å². The van der Waals surface area contributed by atoms with Gasteiger partial charge in [0.2, 0.25) is 0 Å². The average Bonchev–Trinajstić information content (AvgIpc) is 2.47. The first-order chi connectivity index (χ1) is 9.22. The van der Waals surface area contributed by atoms with Crippen molar-refractivity contribution in [3.8, 4) is 6.07 Å². The zero-order valence-electron chi connectivity index (χ0n) is 9.97. The molecule has 0 spiro atoms. The third-order valence-corrected chi connectivity index (χ3v) is 3.66. The molecule has 0 aromatic heterocycles. The lowest BCUT2D eigenvalue weighted by Crippen LogP contribution is -1.87. The molecule has 2 rings (SSSR count). The van der Waals surface area contributed by atoms with E-state index in [1.165, 1.54) is 6.07 Å². The summed E-state index contributed by atoms with van der Waals surface area (Å²) < 4.78 is 13.2. The SMILES string of the molecule is N#Cc1cc(CSc2ccc(C=O)cc2)ccc1F. The van der Waals surface area contributed by atoms with Crippen molar-refractivity contribution in [2.75, 3.05) is 0 Å². The number of nitriles is 1. The number of nitrogens with zero attached hydrogens (tertiary/aromatic N) is 1. The number of aldehydes is 1. The molecule has 0 saturated heterocycles. The number of hydrogen-bond acceptors (Lipinski definition) is 3. The van der Waals surface area contributed by atoms with Gasteiger partial charge in [-0.1, -0.05) is 18.2 Å². The molecule has 4 heteroatoms.